The summed E-state index contributed by atoms with van der Waals surface area (Å²) in [6.45, 7) is 9.58. The normalized spacial score (nSPS) is 11.1. The number of nitrogens with two attached hydrogens (primary N) is 1. The Balaban J connectivity index is 2.26. The molecule has 96 valence electrons. The fourth-order valence-corrected chi connectivity index (χ4v) is 1.77. The average Bonchev–Trinajstić information content (AvgIpc) is 2.39. The minimum absolute atomic E-state index is 0.591. The van der Waals surface area contributed by atoms with Crippen LogP contribution in [0.15, 0.2) is 24.3 Å². The van der Waals surface area contributed by atoms with Gasteiger partial charge in [0.05, 0.1) is 13.2 Å². The smallest absolute Gasteiger partial charge is 0.0717 e. The monoisotopic (exact) mass is 236 g/mol. The minimum atomic E-state index is 0.591. The molecule has 0 spiro atoms. The van der Waals surface area contributed by atoms with Gasteiger partial charge in [-0.3, -0.25) is 0 Å². The lowest BCUT2D eigenvalue weighted by Crippen LogP contribution is -2.26. The van der Waals surface area contributed by atoms with Crippen molar-refractivity contribution in [3.05, 3.63) is 35.4 Å². The summed E-state index contributed by atoms with van der Waals surface area (Å²) in [5, 5.41) is 0. The van der Waals surface area contributed by atoms with Crippen LogP contribution in [-0.2, 0) is 17.9 Å². The van der Waals surface area contributed by atoms with Crippen LogP contribution in [-0.4, -0.2) is 31.1 Å². The lowest BCUT2D eigenvalue weighted by molar-refractivity contribution is 0.0956. The van der Waals surface area contributed by atoms with E-state index in [1.165, 1.54) is 5.56 Å². The highest BCUT2D eigenvalue weighted by atomic mass is 16.5. The Kier molecular flexibility index (Phi) is 6.86. The molecule has 2 N–H and O–H groups in total. The van der Waals surface area contributed by atoms with Gasteiger partial charge in [-0.2, -0.15) is 0 Å². The number of rotatable bonds is 8. The van der Waals surface area contributed by atoms with Gasteiger partial charge in [-0.1, -0.05) is 38.1 Å². The van der Waals surface area contributed by atoms with Gasteiger partial charge >= 0.3 is 0 Å². The van der Waals surface area contributed by atoms with Gasteiger partial charge < -0.3 is 15.4 Å². The van der Waals surface area contributed by atoms with Crippen LogP contribution in [0.2, 0.25) is 0 Å². The Hall–Kier alpha value is -0.900. The van der Waals surface area contributed by atoms with Gasteiger partial charge in [0.2, 0.25) is 0 Å². The van der Waals surface area contributed by atoms with E-state index in [1.807, 2.05) is 12.1 Å². The van der Waals surface area contributed by atoms with Crippen molar-refractivity contribution in [2.45, 2.75) is 27.0 Å². The van der Waals surface area contributed by atoms with Crippen LogP contribution in [0.3, 0.4) is 0 Å². The summed E-state index contributed by atoms with van der Waals surface area (Å²) >= 11 is 0. The molecule has 0 radical (unpaired) electrons. The Morgan fingerprint density at radius 3 is 2.53 bits per heavy atom. The third kappa shape index (κ3) is 5.31. The molecule has 3 heteroatoms. The van der Waals surface area contributed by atoms with Crippen molar-refractivity contribution in [2.24, 2.45) is 5.73 Å². The summed E-state index contributed by atoms with van der Waals surface area (Å²) in [6, 6.07) is 8.26. The third-order valence-electron chi connectivity index (χ3n) is 2.94. The van der Waals surface area contributed by atoms with E-state index >= 15 is 0 Å². The SMILES string of the molecule is CCN(CC)CCOCc1cccc(CN)c1. The first kappa shape index (κ1) is 14.2. The van der Waals surface area contributed by atoms with Crippen molar-refractivity contribution in [1.29, 1.82) is 0 Å². The lowest BCUT2D eigenvalue weighted by Gasteiger charge is -2.17. The topological polar surface area (TPSA) is 38.5 Å². The molecule has 0 unspecified atom stereocenters. The fourth-order valence-electron chi connectivity index (χ4n) is 1.77. The second kappa shape index (κ2) is 8.23. The van der Waals surface area contributed by atoms with Crippen LogP contribution in [0.1, 0.15) is 25.0 Å². The molecule has 0 saturated heterocycles. The van der Waals surface area contributed by atoms with E-state index in [-0.39, 0.29) is 0 Å². The van der Waals surface area contributed by atoms with Crippen LogP contribution in [0, 0.1) is 0 Å². The van der Waals surface area contributed by atoms with Gasteiger partial charge in [-0.25, -0.2) is 0 Å². The van der Waals surface area contributed by atoms with Gasteiger partial charge in [0, 0.05) is 13.1 Å². The molecule has 0 aliphatic rings. The van der Waals surface area contributed by atoms with Crippen molar-refractivity contribution in [2.75, 3.05) is 26.2 Å². The van der Waals surface area contributed by atoms with Crippen molar-refractivity contribution >= 4 is 0 Å². The van der Waals surface area contributed by atoms with Gasteiger partial charge in [-0.15, -0.1) is 0 Å². The molecule has 0 fully saturated rings. The van der Waals surface area contributed by atoms with Crippen molar-refractivity contribution in [1.82, 2.24) is 4.90 Å². The molecule has 0 aromatic heterocycles. The van der Waals surface area contributed by atoms with E-state index in [0.29, 0.717) is 13.2 Å². The number of nitrogens with zero attached hydrogens (tertiary/aromatic N) is 1. The molecular weight excluding hydrogens is 212 g/mol. The van der Waals surface area contributed by atoms with Crippen molar-refractivity contribution in [3.8, 4) is 0 Å². The molecule has 0 aliphatic carbocycles. The van der Waals surface area contributed by atoms with Gasteiger partial charge in [0.25, 0.3) is 0 Å². The minimum Gasteiger partial charge on any atom is -0.375 e. The van der Waals surface area contributed by atoms with Gasteiger partial charge in [0.1, 0.15) is 0 Å². The summed E-state index contributed by atoms with van der Waals surface area (Å²) in [4.78, 5) is 2.36. The second-order valence-electron chi connectivity index (χ2n) is 4.10. The lowest BCUT2D eigenvalue weighted by atomic mass is 10.1. The van der Waals surface area contributed by atoms with Crippen LogP contribution < -0.4 is 5.73 Å². The molecule has 0 heterocycles. The molecule has 1 aromatic rings. The van der Waals surface area contributed by atoms with Crippen molar-refractivity contribution in [3.63, 3.8) is 0 Å². The quantitative estimate of drug-likeness (QED) is 0.702. The van der Waals surface area contributed by atoms with Gasteiger partial charge in [0.15, 0.2) is 0 Å². The fraction of sp³-hybridized carbons (Fsp3) is 0.571. The summed E-state index contributed by atoms with van der Waals surface area (Å²) in [5.41, 5.74) is 7.97. The third-order valence-corrected chi connectivity index (χ3v) is 2.94. The predicted molar refractivity (Wildman–Crippen MR) is 71.8 cm³/mol. The average molecular weight is 236 g/mol. The maximum Gasteiger partial charge on any atom is 0.0717 e. The first-order valence-corrected chi connectivity index (χ1v) is 6.38. The standard InChI is InChI=1S/C14H24N2O/c1-3-16(4-2)8-9-17-12-14-7-5-6-13(10-14)11-15/h5-7,10H,3-4,8-9,11-12,15H2,1-2H3. The molecule has 1 aromatic carbocycles. The second-order valence-corrected chi connectivity index (χ2v) is 4.10. The summed E-state index contributed by atoms with van der Waals surface area (Å²) in [7, 11) is 0. The Morgan fingerprint density at radius 1 is 1.18 bits per heavy atom. The Bertz CT molecular complexity index is 311. The number of likely N-dealkylation sites (N-methyl/N-ethyl adjacent to an activating group) is 1. The first-order valence-electron chi connectivity index (χ1n) is 6.38. The molecule has 1 rings (SSSR count). The Labute approximate surface area is 105 Å². The van der Waals surface area contributed by atoms with Crippen LogP contribution in [0.4, 0.5) is 0 Å². The number of ether oxygens (including phenoxy) is 1. The molecule has 0 amide bonds. The van der Waals surface area contributed by atoms with Crippen LogP contribution in [0.25, 0.3) is 0 Å². The van der Waals surface area contributed by atoms with Crippen LogP contribution >= 0.6 is 0 Å². The molecule has 0 atom stereocenters. The molecule has 17 heavy (non-hydrogen) atoms. The van der Waals surface area contributed by atoms with Crippen LogP contribution in [0.5, 0.6) is 0 Å². The molecule has 3 nitrogen and oxygen atoms in total. The van der Waals surface area contributed by atoms with E-state index in [1.54, 1.807) is 0 Å². The molecule has 0 saturated carbocycles. The van der Waals surface area contributed by atoms with E-state index in [2.05, 4.69) is 30.9 Å². The zero-order valence-electron chi connectivity index (χ0n) is 11.0. The van der Waals surface area contributed by atoms with Gasteiger partial charge in [-0.05, 0) is 24.2 Å². The summed E-state index contributed by atoms with van der Waals surface area (Å²) in [5.74, 6) is 0. The molecular formula is C14H24N2O. The number of hydrogen-bond acceptors (Lipinski definition) is 3. The Morgan fingerprint density at radius 2 is 1.88 bits per heavy atom. The van der Waals surface area contributed by atoms with E-state index in [9.17, 15) is 0 Å². The molecule has 0 bridgehead atoms. The molecule has 0 aliphatic heterocycles. The number of hydrogen-bond donors (Lipinski definition) is 1. The largest absolute Gasteiger partial charge is 0.375 e. The number of benzene rings is 1. The highest BCUT2D eigenvalue weighted by molar-refractivity contribution is 5.22. The van der Waals surface area contributed by atoms with E-state index < -0.39 is 0 Å². The van der Waals surface area contributed by atoms with Crippen molar-refractivity contribution < 1.29 is 4.74 Å². The summed E-state index contributed by atoms with van der Waals surface area (Å²) < 4.78 is 5.67. The highest BCUT2D eigenvalue weighted by Gasteiger charge is 1.99. The predicted octanol–water partition coefficient (Wildman–Crippen LogP) is 2.00. The highest BCUT2D eigenvalue weighted by Crippen LogP contribution is 2.05. The zero-order valence-corrected chi connectivity index (χ0v) is 11.0. The van der Waals surface area contributed by atoms with E-state index in [4.69, 9.17) is 10.5 Å². The first-order chi connectivity index (χ1) is 8.30. The maximum atomic E-state index is 5.67. The zero-order chi connectivity index (χ0) is 12.5. The summed E-state index contributed by atoms with van der Waals surface area (Å²) in [6.07, 6.45) is 0. The van der Waals surface area contributed by atoms with E-state index in [0.717, 1.165) is 31.8 Å². The maximum absolute atomic E-state index is 5.67.